The number of halogens is 1. The maximum absolute atomic E-state index is 12.8. The molecule has 0 fully saturated rings. The van der Waals surface area contributed by atoms with Gasteiger partial charge in [-0.25, -0.2) is 9.37 Å². The summed E-state index contributed by atoms with van der Waals surface area (Å²) in [4.78, 5) is 16.3. The predicted octanol–water partition coefficient (Wildman–Crippen LogP) is 4.08. The molecule has 0 aliphatic heterocycles. The van der Waals surface area contributed by atoms with E-state index in [1.807, 2.05) is 30.3 Å². The van der Waals surface area contributed by atoms with Crippen molar-refractivity contribution in [3.8, 4) is 11.5 Å². The summed E-state index contributed by atoms with van der Waals surface area (Å²) in [6.45, 7) is 1.82. The lowest BCUT2D eigenvalue weighted by molar-refractivity contribution is -0.144. The molecule has 1 heterocycles. The Morgan fingerprint density at radius 3 is 2.54 bits per heavy atom. The van der Waals surface area contributed by atoms with E-state index in [2.05, 4.69) is 4.98 Å². The van der Waals surface area contributed by atoms with Crippen molar-refractivity contribution in [2.75, 3.05) is 0 Å². The molecule has 0 bridgehead atoms. The lowest BCUT2D eigenvalue weighted by atomic mass is 10.1. The number of hydrogen-bond acceptors (Lipinski definition) is 4. The molecule has 3 rings (SSSR count). The maximum atomic E-state index is 12.8. The second-order valence-corrected chi connectivity index (χ2v) is 5.35. The zero-order valence-electron chi connectivity index (χ0n) is 13.2. The first-order valence-electron chi connectivity index (χ1n) is 7.53. The Kier molecular flexibility index (Phi) is 4.70. The van der Waals surface area contributed by atoms with Gasteiger partial charge in [0.2, 0.25) is 5.89 Å². The summed E-state index contributed by atoms with van der Waals surface area (Å²) in [7, 11) is 0. The molecule has 4 nitrogen and oxygen atoms in total. The van der Waals surface area contributed by atoms with Gasteiger partial charge in [0.25, 0.3) is 0 Å². The van der Waals surface area contributed by atoms with Crippen LogP contribution in [0.5, 0.6) is 0 Å². The maximum Gasteiger partial charge on any atom is 0.310 e. The lowest BCUT2D eigenvalue weighted by Crippen LogP contribution is -2.08. The van der Waals surface area contributed by atoms with E-state index in [1.165, 1.54) is 12.1 Å². The highest BCUT2D eigenvalue weighted by atomic mass is 19.1. The van der Waals surface area contributed by atoms with E-state index in [-0.39, 0.29) is 18.8 Å². The van der Waals surface area contributed by atoms with Gasteiger partial charge < -0.3 is 9.15 Å². The number of aryl methyl sites for hydroxylation is 1. The van der Waals surface area contributed by atoms with Crippen LogP contribution in [0.25, 0.3) is 11.5 Å². The number of aromatic nitrogens is 1. The summed E-state index contributed by atoms with van der Waals surface area (Å²) < 4.78 is 23.7. The number of nitrogens with zero attached hydrogens (tertiary/aromatic N) is 1. The first-order valence-corrected chi connectivity index (χ1v) is 7.53. The number of esters is 1. The first kappa shape index (κ1) is 15.9. The Labute approximate surface area is 138 Å². The van der Waals surface area contributed by atoms with Crippen molar-refractivity contribution in [2.24, 2.45) is 0 Å². The molecule has 0 radical (unpaired) electrons. The monoisotopic (exact) mass is 325 g/mol. The van der Waals surface area contributed by atoms with Crippen LogP contribution >= 0.6 is 0 Å². The van der Waals surface area contributed by atoms with Gasteiger partial charge >= 0.3 is 5.97 Å². The molecule has 0 atom stereocenters. The number of carbonyl (C=O) groups is 1. The van der Waals surface area contributed by atoms with E-state index < -0.39 is 5.97 Å². The minimum absolute atomic E-state index is 0.0438. The van der Waals surface area contributed by atoms with Crippen molar-refractivity contribution in [3.05, 3.63) is 77.4 Å². The zero-order valence-corrected chi connectivity index (χ0v) is 13.2. The molecule has 0 saturated carbocycles. The van der Waals surface area contributed by atoms with Gasteiger partial charge in [0, 0.05) is 5.56 Å². The van der Waals surface area contributed by atoms with E-state index in [0.717, 1.165) is 5.56 Å². The molecule has 0 spiro atoms. The molecule has 0 amide bonds. The number of rotatable bonds is 5. The average molecular weight is 325 g/mol. The van der Waals surface area contributed by atoms with E-state index in [0.29, 0.717) is 22.9 Å². The van der Waals surface area contributed by atoms with Crippen LogP contribution in [-0.2, 0) is 22.6 Å². The SMILES string of the molecule is Cc1oc(-c2ccccc2)nc1COC(=O)Cc1ccc(F)cc1. The van der Waals surface area contributed by atoms with Crippen LogP contribution in [0.15, 0.2) is 59.0 Å². The summed E-state index contributed by atoms with van der Waals surface area (Å²) >= 11 is 0. The molecule has 2 aromatic carbocycles. The number of ether oxygens (including phenoxy) is 1. The number of hydrogen-bond donors (Lipinski definition) is 0. The Hall–Kier alpha value is -2.95. The second kappa shape index (κ2) is 7.08. The van der Waals surface area contributed by atoms with Gasteiger partial charge in [-0.05, 0) is 36.8 Å². The van der Waals surface area contributed by atoms with Gasteiger partial charge in [0.05, 0.1) is 6.42 Å². The summed E-state index contributed by atoms with van der Waals surface area (Å²) in [5, 5.41) is 0. The van der Waals surface area contributed by atoms with Gasteiger partial charge in [0.1, 0.15) is 23.9 Å². The van der Waals surface area contributed by atoms with E-state index in [1.54, 1.807) is 19.1 Å². The highest BCUT2D eigenvalue weighted by Crippen LogP contribution is 2.21. The molecule has 0 aliphatic carbocycles. The first-order chi connectivity index (χ1) is 11.6. The van der Waals surface area contributed by atoms with Gasteiger partial charge in [-0.1, -0.05) is 30.3 Å². The van der Waals surface area contributed by atoms with Crippen molar-refractivity contribution in [1.82, 2.24) is 4.98 Å². The van der Waals surface area contributed by atoms with E-state index in [4.69, 9.17) is 9.15 Å². The fraction of sp³-hybridized carbons (Fsp3) is 0.158. The molecule has 0 aliphatic rings. The van der Waals surface area contributed by atoms with Gasteiger partial charge in [-0.15, -0.1) is 0 Å². The lowest BCUT2D eigenvalue weighted by Gasteiger charge is -2.03. The van der Waals surface area contributed by atoms with Crippen LogP contribution < -0.4 is 0 Å². The Morgan fingerprint density at radius 2 is 1.83 bits per heavy atom. The van der Waals surface area contributed by atoms with Crippen LogP contribution in [0, 0.1) is 12.7 Å². The standard InChI is InChI=1S/C19H16FNO3/c1-13-17(21-19(24-13)15-5-3-2-4-6-15)12-23-18(22)11-14-7-9-16(20)10-8-14/h2-10H,11-12H2,1H3. The fourth-order valence-corrected chi connectivity index (χ4v) is 2.23. The third-order valence-electron chi connectivity index (χ3n) is 3.54. The number of benzene rings is 2. The Balaban J connectivity index is 1.61. The van der Waals surface area contributed by atoms with Crippen molar-refractivity contribution >= 4 is 5.97 Å². The molecule has 1 aromatic heterocycles. The minimum Gasteiger partial charge on any atom is -0.459 e. The average Bonchev–Trinajstić information content (AvgIpc) is 2.97. The Bertz CT molecular complexity index is 826. The smallest absolute Gasteiger partial charge is 0.310 e. The molecule has 24 heavy (non-hydrogen) atoms. The number of oxazole rings is 1. The Morgan fingerprint density at radius 1 is 1.12 bits per heavy atom. The van der Waals surface area contributed by atoms with Crippen molar-refractivity contribution in [3.63, 3.8) is 0 Å². The van der Waals surface area contributed by atoms with E-state index in [9.17, 15) is 9.18 Å². The van der Waals surface area contributed by atoms with Gasteiger partial charge in [0.15, 0.2) is 0 Å². The molecule has 3 aromatic rings. The summed E-state index contributed by atoms with van der Waals surface area (Å²) in [6, 6.07) is 15.3. The van der Waals surface area contributed by atoms with Crippen molar-refractivity contribution < 1.29 is 18.3 Å². The summed E-state index contributed by atoms with van der Waals surface area (Å²) in [5.74, 6) is 0.380. The van der Waals surface area contributed by atoms with Crippen LogP contribution in [0.3, 0.4) is 0 Å². The van der Waals surface area contributed by atoms with Crippen LogP contribution in [0.1, 0.15) is 17.0 Å². The van der Waals surface area contributed by atoms with E-state index >= 15 is 0 Å². The highest BCUT2D eigenvalue weighted by Gasteiger charge is 2.13. The predicted molar refractivity (Wildman–Crippen MR) is 86.6 cm³/mol. The summed E-state index contributed by atoms with van der Waals surface area (Å²) in [6.07, 6.45) is 0.0860. The van der Waals surface area contributed by atoms with Crippen molar-refractivity contribution in [2.45, 2.75) is 20.0 Å². The molecule has 0 N–H and O–H groups in total. The van der Waals surface area contributed by atoms with Crippen molar-refractivity contribution in [1.29, 1.82) is 0 Å². The van der Waals surface area contributed by atoms with Crippen LogP contribution in [-0.4, -0.2) is 11.0 Å². The largest absolute Gasteiger partial charge is 0.459 e. The second-order valence-electron chi connectivity index (χ2n) is 5.35. The van der Waals surface area contributed by atoms with Crippen LogP contribution in [0.2, 0.25) is 0 Å². The fourth-order valence-electron chi connectivity index (χ4n) is 2.23. The molecular formula is C19H16FNO3. The zero-order chi connectivity index (χ0) is 16.9. The summed E-state index contributed by atoms with van der Waals surface area (Å²) in [5.41, 5.74) is 2.15. The topological polar surface area (TPSA) is 52.3 Å². The third-order valence-corrected chi connectivity index (χ3v) is 3.54. The number of carbonyl (C=O) groups excluding carboxylic acids is 1. The third kappa shape index (κ3) is 3.87. The van der Waals surface area contributed by atoms with Crippen LogP contribution in [0.4, 0.5) is 4.39 Å². The molecule has 0 saturated heterocycles. The normalized spacial score (nSPS) is 10.6. The quantitative estimate of drug-likeness (QED) is 0.663. The highest BCUT2D eigenvalue weighted by molar-refractivity contribution is 5.72. The molecule has 0 unspecified atom stereocenters. The minimum atomic E-state index is -0.398. The van der Waals surface area contributed by atoms with Gasteiger partial charge in [-0.2, -0.15) is 0 Å². The molecular weight excluding hydrogens is 309 g/mol. The molecule has 122 valence electrons. The van der Waals surface area contributed by atoms with Gasteiger partial charge in [-0.3, -0.25) is 4.79 Å². The molecule has 5 heteroatoms.